The molecule has 1 saturated carbocycles. The smallest absolute Gasteiger partial charge is 0.310 e. The molecule has 1 aromatic rings. The predicted octanol–water partition coefficient (Wildman–Crippen LogP) is 4.15. The molecule has 0 radical (unpaired) electrons. The van der Waals surface area contributed by atoms with Crippen LogP contribution >= 0.6 is 23.2 Å². The van der Waals surface area contributed by atoms with Gasteiger partial charge in [-0.05, 0) is 42.4 Å². The van der Waals surface area contributed by atoms with E-state index in [9.17, 15) is 4.79 Å². The van der Waals surface area contributed by atoms with Gasteiger partial charge < -0.3 is 4.74 Å². The minimum Gasteiger partial charge on any atom is -0.465 e. The minimum atomic E-state index is -0.170. The summed E-state index contributed by atoms with van der Waals surface area (Å²) in [5.41, 5.74) is 0.877. The van der Waals surface area contributed by atoms with E-state index in [1.807, 2.05) is 32.0 Å². The fourth-order valence-corrected chi connectivity index (χ4v) is 2.91. The van der Waals surface area contributed by atoms with Crippen LogP contribution in [0.25, 0.3) is 0 Å². The molecule has 1 fully saturated rings. The number of esters is 1. The molecule has 0 amide bonds. The molecule has 0 aromatic carbocycles. The van der Waals surface area contributed by atoms with Crippen molar-refractivity contribution in [1.82, 2.24) is 4.98 Å². The maximum absolute atomic E-state index is 12.1. The summed E-state index contributed by atoms with van der Waals surface area (Å²) in [7, 11) is 0. The summed E-state index contributed by atoms with van der Waals surface area (Å²) >= 11 is 11.3. The topological polar surface area (TPSA) is 39.2 Å². The lowest BCUT2D eigenvalue weighted by atomic mass is 10.1. The van der Waals surface area contributed by atoms with Gasteiger partial charge in [0, 0.05) is 11.9 Å². The lowest BCUT2D eigenvalue weighted by molar-refractivity contribution is -0.146. The van der Waals surface area contributed by atoms with Crippen LogP contribution < -0.4 is 0 Å². The van der Waals surface area contributed by atoms with Gasteiger partial charge in [-0.3, -0.25) is 9.78 Å². The van der Waals surface area contributed by atoms with Crippen LogP contribution in [0.15, 0.2) is 35.0 Å². The van der Waals surface area contributed by atoms with Gasteiger partial charge in [0.05, 0.1) is 12.5 Å². The van der Waals surface area contributed by atoms with Crippen molar-refractivity contribution in [2.75, 3.05) is 6.61 Å². The number of nitrogens with zero attached hydrogens (tertiary/aromatic N) is 1. The second kappa shape index (κ2) is 6.80. The number of aryl methyl sites for hydroxylation is 1. The monoisotopic (exact) mass is 327 g/mol. The molecule has 5 heteroatoms. The van der Waals surface area contributed by atoms with E-state index >= 15 is 0 Å². The first-order chi connectivity index (χ1) is 9.93. The van der Waals surface area contributed by atoms with Crippen molar-refractivity contribution in [3.8, 4) is 0 Å². The lowest BCUT2D eigenvalue weighted by Gasteiger charge is -2.05. The first-order valence-corrected chi connectivity index (χ1v) is 7.78. The molecule has 114 valence electrons. The molecule has 1 aromatic heterocycles. The van der Waals surface area contributed by atoms with E-state index in [1.165, 1.54) is 0 Å². The summed E-state index contributed by atoms with van der Waals surface area (Å²) in [6.45, 7) is 4.45. The number of carbonyl (C=O) groups excluding carboxylic acids is 1. The third kappa shape index (κ3) is 4.21. The predicted molar refractivity (Wildman–Crippen MR) is 84.1 cm³/mol. The molecule has 1 heterocycles. The van der Waals surface area contributed by atoms with Crippen LogP contribution in [-0.4, -0.2) is 17.6 Å². The van der Waals surface area contributed by atoms with Crippen molar-refractivity contribution in [2.45, 2.75) is 26.7 Å². The van der Waals surface area contributed by atoms with Crippen molar-refractivity contribution < 1.29 is 9.53 Å². The van der Waals surface area contributed by atoms with Crippen LogP contribution in [0.4, 0.5) is 0 Å². The van der Waals surface area contributed by atoms with Gasteiger partial charge in [-0.2, -0.15) is 0 Å². The number of allylic oxidation sites excluding steroid dienone is 1. The molecule has 1 aliphatic carbocycles. The SMILES string of the molecule is CC1(C)C(C=C(Cl)Cl)C1C(=O)OCCCc1ccccn1. The van der Waals surface area contributed by atoms with Crippen LogP contribution in [0.1, 0.15) is 26.0 Å². The van der Waals surface area contributed by atoms with Crippen molar-refractivity contribution in [1.29, 1.82) is 0 Å². The second-order valence-electron chi connectivity index (χ2n) is 5.87. The fourth-order valence-electron chi connectivity index (χ4n) is 2.64. The molecule has 2 atom stereocenters. The van der Waals surface area contributed by atoms with Crippen LogP contribution in [0, 0.1) is 17.3 Å². The Bertz CT molecular complexity index is 524. The van der Waals surface area contributed by atoms with Crippen molar-refractivity contribution in [3.05, 3.63) is 40.7 Å². The normalized spacial score (nSPS) is 22.5. The number of hydrogen-bond acceptors (Lipinski definition) is 3. The molecule has 21 heavy (non-hydrogen) atoms. The van der Waals surface area contributed by atoms with Crippen LogP contribution in [0.2, 0.25) is 0 Å². The van der Waals surface area contributed by atoms with Crippen LogP contribution in [-0.2, 0) is 16.0 Å². The number of hydrogen-bond donors (Lipinski definition) is 0. The maximum Gasteiger partial charge on any atom is 0.310 e. The van der Waals surface area contributed by atoms with Crippen LogP contribution in [0.3, 0.4) is 0 Å². The Morgan fingerprint density at radius 2 is 2.19 bits per heavy atom. The summed E-state index contributed by atoms with van der Waals surface area (Å²) in [6, 6.07) is 5.80. The van der Waals surface area contributed by atoms with Crippen molar-refractivity contribution in [3.63, 3.8) is 0 Å². The van der Waals surface area contributed by atoms with Crippen molar-refractivity contribution in [2.24, 2.45) is 17.3 Å². The molecule has 0 aliphatic heterocycles. The van der Waals surface area contributed by atoms with E-state index in [2.05, 4.69) is 4.98 Å². The number of carbonyl (C=O) groups is 1. The van der Waals surface area contributed by atoms with Gasteiger partial charge in [0.2, 0.25) is 0 Å². The van der Waals surface area contributed by atoms with Gasteiger partial charge in [0.15, 0.2) is 0 Å². The van der Waals surface area contributed by atoms with E-state index in [0.717, 1.165) is 18.5 Å². The fraction of sp³-hybridized carbons (Fsp3) is 0.500. The zero-order valence-corrected chi connectivity index (χ0v) is 13.7. The van der Waals surface area contributed by atoms with Gasteiger partial charge >= 0.3 is 5.97 Å². The molecule has 2 unspecified atom stereocenters. The maximum atomic E-state index is 12.1. The third-order valence-corrected chi connectivity index (χ3v) is 4.27. The highest BCUT2D eigenvalue weighted by Crippen LogP contribution is 2.60. The average molecular weight is 328 g/mol. The highest BCUT2D eigenvalue weighted by molar-refractivity contribution is 6.55. The Hall–Kier alpha value is -1.06. The average Bonchev–Trinajstić information content (AvgIpc) is 2.96. The number of pyridine rings is 1. The van der Waals surface area contributed by atoms with E-state index in [4.69, 9.17) is 27.9 Å². The Labute approximate surface area is 135 Å². The Morgan fingerprint density at radius 3 is 2.81 bits per heavy atom. The zero-order chi connectivity index (χ0) is 15.5. The molecule has 0 saturated heterocycles. The minimum absolute atomic E-state index is 0.0609. The Morgan fingerprint density at radius 1 is 1.43 bits per heavy atom. The molecule has 3 nitrogen and oxygen atoms in total. The van der Waals surface area contributed by atoms with E-state index < -0.39 is 0 Å². The largest absolute Gasteiger partial charge is 0.465 e. The van der Waals surface area contributed by atoms with E-state index in [0.29, 0.717) is 6.61 Å². The van der Waals surface area contributed by atoms with Crippen LogP contribution in [0.5, 0.6) is 0 Å². The molecule has 0 bridgehead atoms. The number of rotatable bonds is 6. The highest BCUT2D eigenvalue weighted by atomic mass is 35.5. The third-order valence-electron chi connectivity index (χ3n) is 4.02. The number of aromatic nitrogens is 1. The Kier molecular flexibility index (Phi) is 5.28. The van der Waals surface area contributed by atoms with Gasteiger partial charge in [-0.1, -0.05) is 43.1 Å². The Balaban J connectivity index is 1.74. The van der Waals surface area contributed by atoms with E-state index in [-0.39, 0.29) is 27.7 Å². The summed E-state index contributed by atoms with van der Waals surface area (Å²) in [4.78, 5) is 16.3. The van der Waals surface area contributed by atoms with Gasteiger partial charge in [0.25, 0.3) is 0 Å². The molecule has 2 rings (SSSR count). The number of halogens is 2. The standard InChI is InChI=1S/C16H19Cl2NO2/c1-16(2)12(10-13(17)18)14(16)15(20)21-9-5-7-11-6-3-4-8-19-11/h3-4,6,8,10,12,14H,5,7,9H2,1-2H3. The van der Waals surface area contributed by atoms with Gasteiger partial charge in [0.1, 0.15) is 4.49 Å². The molecular formula is C16H19Cl2NO2. The highest BCUT2D eigenvalue weighted by Gasteiger charge is 2.61. The first-order valence-electron chi connectivity index (χ1n) is 7.02. The molecule has 1 aliphatic rings. The quantitative estimate of drug-likeness (QED) is 0.582. The molecule has 0 spiro atoms. The summed E-state index contributed by atoms with van der Waals surface area (Å²) in [5.74, 6) is -0.262. The van der Waals surface area contributed by atoms with Crippen molar-refractivity contribution >= 4 is 29.2 Å². The number of ether oxygens (including phenoxy) is 1. The summed E-state index contributed by atoms with van der Waals surface area (Å²) in [5, 5.41) is 0. The first kappa shape index (κ1) is 16.3. The molecule has 0 N–H and O–H groups in total. The molecular weight excluding hydrogens is 309 g/mol. The van der Waals surface area contributed by atoms with E-state index in [1.54, 1.807) is 12.3 Å². The second-order valence-corrected chi connectivity index (χ2v) is 6.88. The zero-order valence-electron chi connectivity index (χ0n) is 12.2. The lowest BCUT2D eigenvalue weighted by Crippen LogP contribution is -2.12. The van der Waals surface area contributed by atoms with Gasteiger partial charge in [-0.25, -0.2) is 0 Å². The summed E-state index contributed by atoms with van der Waals surface area (Å²) in [6.07, 6.45) is 5.06. The summed E-state index contributed by atoms with van der Waals surface area (Å²) < 4.78 is 5.56. The van der Waals surface area contributed by atoms with Gasteiger partial charge in [-0.15, -0.1) is 0 Å².